The van der Waals surface area contributed by atoms with Crippen LogP contribution in [0.25, 0.3) is 11.1 Å². The molecule has 214 valence electrons. The van der Waals surface area contributed by atoms with Gasteiger partial charge >= 0.3 is 12.1 Å². The predicted octanol–water partition coefficient (Wildman–Crippen LogP) is 8.45. The predicted molar refractivity (Wildman–Crippen MR) is 149 cm³/mol. The highest BCUT2D eigenvalue weighted by atomic mass is 19.4. The van der Waals surface area contributed by atoms with Gasteiger partial charge in [0.1, 0.15) is 11.9 Å². The molecule has 3 aromatic rings. The highest BCUT2D eigenvalue weighted by Gasteiger charge is 2.30. The molecule has 1 unspecified atom stereocenters. The summed E-state index contributed by atoms with van der Waals surface area (Å²) in [5, 5.41) is 11.4. The lowest BCUT2D eigenvalue weighted by Gasteiger charge is -2.20. The van der Waals surface area contributed by atoms with Gasteiger partial charge in [0.2, 0.25) is 0 Å². The topological polar surface area (TPSA) is 75.6 Å². The van der Waals surface area contributed by atoms with E-state index in [-0.39, 0.29) is 25.0 Å². The minimum atomic E-state index is -4.37. The Balaban J connectivity index is 1.69. The van der Waals surface area contributed by atoms with Gasteiger partial charge in [-0.05, 0) is 65.9 Å². The van der Waals surface area contributed by atoms with Crippen LogP contribution in [-0.2, 0) is 11.0 Å². The van der Waals surface area contributed by atoms with Crippen molar-refractivity contribution >= 4 is 11.9 Å². The molecule has 0 saturated heterocycles. The molecule has 0 heterocycles. The average molecular weight is 556 g/mol. The van der Waals surface area contributed by atoms with Crippen LogP contribution in [0.4, 0.5) is 13.2 Å². The second kappa shape index (κ2) is 15.1. The monoisotopic (exact) mass is 555 g/mol. The number of amides is 1. The van der Waals surface area contributed by atoms with Crippen molar-refractivity contribution in [2.45, 2.75) is 70.6 Å². The van der Waals surface area contributed by atoms with Gasteiger partial charge in [0.15, 0.2) is 0 Å². The number of aliphatic carboxylic acids is 1. The Bertz CT molecular complexity index is 1210. The Morgan fingerprint density at radius 1 is 0.825 bits per heavy atom. The molecule has 0 aliphatic rings. The van der Waals surface area contributed by atoms with Crippen molar-refractivity contribution in [3.05, 3.63) is 89.5 Å². The van der Waals surface area contributed by atoms with Gasteiger partial charge in [0.25, 0.3) is 5.91 Å². The van der Waals surface area contributed by atoms with E-state index in [9.17, 15) is 22.8 Å². The molecular formula is C32H36F3NO4. The molecule has 40 heavy (non-hydrogen) atoms. The van der Waals surface area contributed by atoms with E-state index in [1.54, 1.807) is 12.1 Å². The molecule has 3 rings (SSSR count). The number of carbonyl (C=O) groups is 2. The van der Waals surface area contributed by atoms with Gasteiger partial charge in [-0.15, -0.1) is 0 Å². The van der Waals surface area contributed by atoms with Crippen molar-refractivity contribution in [3.8, 4) is 16.9 Å². The van der Waals surface area contributed by atoms with Gasteiger partial charge in [-0.25, -0.2) is 0 Å². The molecule has 1 amide bonds. The summed E-state index contributed by atoms with van der Waals surface area (Å²) in [6.07, 6.45) is 2.89. The summed E-state index contributed by atoms with van der Waals surface area (Å²) in [5.41, 5.74) is 2.14. The summed E-state index contributed by atoms with van der Waals surface area (Å²) >= 11 is 0. The Labute approximate surface area is 233 Å². The number of carboxylic acids is 1. The van der Waals surface area contributed by atoms with Crippen LogP contribution in [0.2, 0.25) is 0 Å². The molecule has 0 fully saturated rings. The van der Waals surface area contributed by atoms with E-state index in [2.05, 4.69) is 12.2 Å². The zero-order valence-electron chi connectivity index (χ0n) is 22.7. The summed E-state index contributed by atoms with van der Waals surface area (Å²) in [6.45, 7) is 2.24. The third-order valence-corrected chi connectivity index (χ3v) is 6.67. The van der Waals surface area contributed by atoms with Gasteiger partial charge in [-0.2, -0.15) is 13.2 Å². The molecule has 8 heteroatoms. The molecule has 3 aromatic carbocycles. The third-order valence-electron chi connectivity index (χ3n) is 6.67. The van der Waals surface area contributed by atoms with Crippen LogP contribution in [0.5, 0.6) is 5.75 Å². The van der Waals surface area contributed by atoms with Crippen molar-refractivity contribution in [1.29, 1.82) is 0 Å². The minimum absolute atomic E-state index is 0.0577. The minimum Gasteiger partial charge on any atom is -0.486 e. The number of unbranched alkanes of at least 4 members (excludes halogenated alkanes) is 5. The van der Waals surface area contributed by atoms with Crippen molar-refractivity contribution in [2.75, 3.05) is 6.54 Å². The smallest absolute Gasteiger partial charge is 0.416 e. The van der Waals surface area contributed by atoms with Crippen LogP contribution in [0.3, 0.4) is 0 Å². The largest absolute Gasteiger partial charge is 0.486 e. The fraction of sp³-hybridized carbons (Fsp3) is 0.375. The van der Waals surface area contributed by atoms with Gasteiger partial charge in [-0.3, -0.25) is 9.59 Å². The number of ether oxygens (including phenoxy) is 1. The maximum absolute atomic E-state index is 12.9. The molecule has 0 aromatic heterocycles. The number of alkyl halides is 3. The third kappa shape index (κ3) is 9.74. The van der Waals surface area contributed by atoms with E-state index in [0.29, 0.717) is 16.9 Å². The van der Waals surface area contributed by atoms with Crippen LogP contribution in [-0.4, -0.2) is 23.5 Å². The Morgan fingerprint density at radius 2 is 1.40 bits per heavy atom. The van der Waals surface area contributed by atoms with Gasteiger partial charge in [0.05, 0.1) is 12.0 Å². The lowest BCUT2D eigenvalue weighted by molar-refractivity contribution is -0.138. The van der Waals surface area contributed by atoms with E-state index in [1.165, 1.54) is 31.4 Å². The summed E-state index contributed by atoms with van der Waals surface area (Å²) < 4.78 is 45.0. The Morgan fingerprint density at radius 3 is 1.98 bits per heavy atom. The van der Waals surface area contributed by atoms with Crippen LogP contribution in [0.15, 0.2) is 72.8 Å². The van der Waals surface area contributed by atoms with E-state index < -0.39 is 17.7 Å². The normalized spacial score (nSPS) is 12.1. The highest BCUT2D eigenvalue weighted by Crippen LogP contribution is 2.32. The van der Waals surface area contributed by atoms with Crippen molar-refractivity contribution < 1.29 is 32.6 Å². The number of nitrogens with one attached hydrogen (secondary N) is 1. The molecule has 0 radical (unpaired) electrons. The summed E-state index contributed by atoms with van der Waals surface area (Å²) in [6, 6.07) is 19.4. The van der Waals surface area contributed by atoms with E-state index in [0.717, 1.165) is 48.9 Å². The molecule has 1 atom stereocenters. The zero-order valence-corrected chi connectivity index (χ0v) is 22.7. The molecule has 5 nitrogen and oxygen atoms in total. The number of hydrogen-bond donors (Lipinski definition) is 2. The van der Waals surface area contributed by atoms with Crippen LogP contribution < -0.4 is 10.1 Å². The number of carbonyl (C=O) groups excluding carboxylic acids is 1. The summed E-state index contributed by atoms with van der Waals surface area (Å²) in [5.74, 6) is -0.667. The maximum atomic E-state index is 12.9. The molecular weight excluding hydrogens is 519 g/mol. The SMILES string of the molecule is CCCCCCCCC(Oc1ccc(-c2ccc(C(F)(F)F)cc2)cc1)c1ccc(C(=O)NCCC(=O)O)cc1. The van der Waals surface area contributed by atoms with E-state index >= 15 is 0 Å². The molecule has 0 saturated carbocycles. The Kier molecular flexibility index (Phi) is 11.6. The maximum Gasteiger partial charge on any atom is 0.416 e. The lowest BCUT2D eigenvalue weighted by Crippen LogP contribution is -2.26. The number of rotatable bonds is 15. The highest BCUT2D eigenvalue weighted by molar-refractivity contribution is 5.94. The second-order valence-electron chi connectivity index (χ2n) is 9.78. The fourth-order valence-corrected chi connectivity index (χ4v) is 4.38. The molecule has 2 N–H and O–H groups in total. The van der Waals surface area contributed by atoms with Crippen LogP contribution >= 0.6 is 0 Å². The number of hydrogen-bond acceptors (Lipinski definition) is 3. The van der Waals surface area contributed by atoms with E-state index in [4.69, 9.17) is 9.84 Å². The number of carboxylic acid groups (broad SMARTS) is 1. The standard InChI is InChI=1S/C32H36F3NO4/c1-2-3-4-5-6-7-8-29(25-9-11-26(12-10-25)31(39)36-22-21-30(37)38)40-28-19-15-24(16-20-28)23-13-17-27(18-14-23)32(33,34)35/h9-20,29H,2-8,21-22H2,1H3,(H,36,39)(H,37,38). The van der Waals surface area contributed by atoms with Gasteiger partial charge in [0, 0.05) is 12.1 Å². The van der Waals surface area contributed by atoms with Crippen LogP contribution in [0, 0.1) is 0 Å². The van der Waals surface area contributed by atoms with Crippen LogP contribution in [0.1, 0.15) is 85.9 Å². The molecule has 0 aliphatic carbocycles. The van der Waals surface area contributed by atoms with E-state index in [1.807, 2.05) is 36.4 Å². The summed E-state index contributed by atoms with van der Waals surface area (Å²) in [7, 11) is 0. The first-order valence-electron chi connectivity index (χ1n) is 13.7. The van der Waals surface area contributed by atoms with Gasteiger partial charge < -0.3 is 15.2 Å². The molecule has 0 spiro atoms. The molecule has 0 aliphatic heterocycles. The number of benzene rings is 3. The second-order valence-corrected chi connectivity index (χ2v) is 9.78. The first-order chi connectivity index (χ1) is 19.2. The first-order valence-corrected chi connectivity index (χ1v) is 13.7. The quantitative estimate of drug-likeness (QED) is 0.185. The first kappa shape index (κ1) is 30.7. The Hall–Kier alpha value is -3.81. The zero-order chi connectivity index (χ0) is 29.0. The van der Waals surface area contributed by atoms with Gasteiger partial charge in [-0.1, -0.05) is 75.4 Å². The summed E-state index contributed by atoms with van der Waals surface area (Å²) in [4.78, 5) is 23.0. The average Bonchev–Trinajstić information content (AvgIpc) is 2.94. The number of halogens is 3. The lowest BCUT2D eigenvalue weighted by atomic mass is 10.00. The van der Waals surface area contributed by atoms with Crippen molar-refractivity contribution in [2.24, 2.45) is 0 Å². The molecule has 0 bridgehead atoms. The van der Waals surface area contributed by atoms with Crippen molar-refractivity contribution in [1.82, 2.24) is 5.32 Å². The van der Waals surface area contributed by atoms with Crippen molar-refractivity contribution in [3.63, 3.8) is 0 Å². The fourth-order valence-electron chi connectivity index (χ4n) is 4.38.